The Kier molecular flexibility index (Phi) is 3.50. The van der Waals surface area contributed by atoms with Gasteiger partial charge < -0.3 is 5.32 Å². The summed E-state index contributed by atoms with van der Waals surface area (Å²) in [5.41, 5.74) is 1.63. The molecule has 1 N–H and O–H groups in total. The van der Waals surface area contributed by atoms with Crippen molar-refractivity contribution in [3.05, 3.63) is 42.2 Å². The molecule has 1 aromatic rings. The molecule has 0 unspecified atom stereocenters. The first-order chi connectivity index (χ1) is 6.24. The number of anilines is 1. The molecule has 0 saturated carbocycles. The minimum Gasteiger partial charge on any atom is -0.385 e. The summed E-state index contributed by atoms with van der Waals surface area (Å²) in [5.74, 6) is -0.158. The smallest absolute Gasteiger partial charge is 0.126 e. The second kappa shape index (κ2) is 4.65. The van der Waals surface area contributed by atoms with Crippen LogP contribution in [0.3, 0.4) is 0 Å². The lowest BCUT2D eigenvalue weighted by Crippen LogP contribution is -2.00. The van der Waals surface area contributed by atoms with E-state index in [-0.39, 0.29) is 5.82 Å². The van der Waals surface area contributed by atoms with Crippen LogP contribution in [0.5, 0.6) is 0 Å². The van der Waals surface area contributed by atoms with Crippen molar-refractivity contribution < 1.29 is 4.39 Å². The fourth-order valence-corrected chi connectivity index (χ4v) is 1.07. The van der Waals surface area contributed by atoms with Crippen molar-refractivity contribution in [2.45, 2.75) is 13.3 Å². The highest BCUT2D eigenvalue weighted by atomic mass is 19.1. The fraction of sp³-hybridized carbons (Fsp3) is 0.273. The van der Waals surface area contributed by atoms with E-state index in [0.717, 1.165) is 18.7 Å². The van der Waals surface area contributed by atoms with Crippen LogP contribution in [0, 0.1) is 12.7 Å². The molecular weight excluding hydrogens is 165 g/mol. The van der Waals surface area contributed by atoms with Gasteiger partial charge in [-0.05, 0) is 37.1 Å². The maximum atomic E-state index is 12.8. The zero-order valence-corrected chi connectivity index (χ0v) is 7.81. The van der Waals surface area contributed by atoms with Gasteiger partial charge in [0.15, 0.2) is 0 Å². The lowest BCUT2D eigenvalue weighted by Gasteiger charge is -2.05. The first-order valence-electron chi connectivity index (χ1n) is 4.35. The number of nitrogens with one attached hydrogen (secondary N) is 1. The normalized spacial score (nSPS) is 9.69. The molecule has 0 atom stereocenters. The molecule has 0 amide bonds. The summed E-state index contributed by atoms with van der Waals surface area (Å²) in [4.78, 5) is 0. The zero-order chi connectivity index (χ0) is 9.68. The van der Waals surface area contributed by atoms with E-state index < -0.39 is 0 Å². The summed E-state index contributed by atoms with van der Waals surface area (Å²) in [6, 6.07) is 5.02. The molecular formula is C11H14FN. The standard InChI is InChI=1S/C11H14FN/c1-3-4-7-13-10-5-6-11(12)9(2)8-10/h3,5-6,8,13H,1,4,7H2,2H3. The van der Waals surface area contributed by atoms with E-state index >= 15 is 0 Å². The topological polar surface area (TPSA) is 12.0 Å². The van der Waals surface area contributed by atoms with Crippen molar-refractivity contribution in [3.8, 4) is 0 Å². The highest BCUT2D eigenvalue weighted by Gasteiger charge is 1.97. The number of benzene rings is 1. The van der Waals surface area contributed by atoms with Gasteiger partial charge in [-0.15, -0.1) is 6.58 Å². The predicted octanol–water partition coefficient (Wildman–Crippen LogP) is 3.12. The highest BCUT2D eigenvalue weighted by Crippen LogP contribution is 2.13. The summed E-state index contributed by atoms with van der Waals surface area (Å²) < 4.78 is 12.8. The molecule has 0 saturated heterocycles. The maximum Gasteiger partial charge on any atom is 0.126 e. The van der Waals surface area contributed by atoms with Gasteiger partial charge in [0.1, 0.15) is 5.82 Å². The van der Waals surface area contributed by atoms with E-state index in [1.165, 1.54) is 6.07 Å². The van der Waals surface area contributed by atoms with E-state index in [4.69, 9.17) is 0 Å². The lowest BCUT2D eigenvalue weighted by atomic mass is 10.2. The summed E-state index contributed by atoms with van der Waals surface area (Å²) in [5, 5.41) is 3.18. The third-order valence-corrected chi connectivity index (χ3v) is 1.84. The van der Waals surface area contributed by atoms with Crippen LogP contribution in [-0.2, 0) is 0 Å². The summed E-state index contributed by atoms with van der Waals surface area (Å²) in [7, 11) is 0. The average molecular weight is 179 g/mol. The number of rotatable bonds is 4. The first kappa shape index (κ1) is 9.78. The van der Waals surface area contributed by atoms with Crippen molar-refractivity contribution in [1.82, 2.24) is 0 Å². The van der Waals surface area contributed by atoms with Gasteiger partial charge in [-0.25, -0.2) is 4.39 Å². The summed E-state index contributed by atoms with van der Waals surface area (Å²) in [6.07, 6.45) is 2.76. The highest BCUT2D eigenvalue weighted by molar-refractivity contribution is 5.45. The van der Waals surface area contributed by atoms with Crippen LogP contribution in [0.25, 0.3) is 0 Å². The van der Waals surface area contributed by atoms with Crippen molar-refractivity contribution in [2.75, 3.05) is 11.9 Å². The molecule has 0 radical (unpaired) electrons. The third kappa shape index (κ3) is 2.90. The SMILES string of the molecule is C=CCCNc1ccc(F)c(C)c1. The van der Waals surface area contributed by atoms with Crippen molar-refractivity contribution >= 4 is 5.69 Å². The van der Waals surface area contributed by atoms with Gasteiger partial charge >= 0.3 is 0 Å². The van der Waals surface area contributed by atoms with Crippen molar-refractivity contribution in [1.29, 1.82) is 0 Å². The molecule has 0 bridgehead atoms. The monoisotopic (exact) mass is 179 g/mol. The minimum absolute atomic E-state index is 0.158. The van der Waals surface area contributed by atoms with E-state index in [1.807, 2.05) is 6.08 Å². The number of aryl methyl sites for hydroxylation is 1. The Bertz CT molecular complexity index is 294. The van der Waals surface area contributed by atoms with Gasteiger partial charge in [-0.2, -0.15) is 0 Å². The Morgan fingerprint density at radius 1 is 1.54 bits per heavy atom. The van der Waals surface area contributed by atoms with Crippen LogP contribution in [-0.4, -0.2) is 6.54 Å². The Morgan fingerprint density at radius 2 is 2.31 bits per heavy atom. The number of halogens is 1. The average Bonchev–Trinajstić information content (AvgIpc) is 2.12. The van der Waals surface area contributed by atoms with Gasteiger partial charge in [0.2, 0.25) is 0 Å². The molecule has 1 aromatic carbocycles. The van der Waals surface area contributed by atoms with Crippen LogP contribution < -0.4 is 5.32 Å². The van der Waals surface area contributed by atoms with Gasteiger partial charge in [-0.3, -0.25) is 0 Å². The molecule has 2 heteroatoms. The van der Waals surface area contributed by atoms with Gasteiger partial charge in [0.05, 0.1) is 0 Å². The van der Waals surface area contributed by atoms with Crippen LogP contribution in [0.2, 0.25) is 0 Å². The molecule has 1 rings (SSSR count). The van der Waals surface area contributed by atoms with Crippen molar-refractivity contribution in [2.24, 2.45) is 0 Å². The Labute approximate surface area is 78.3 Å². The van der Waals surface area contributed by atoms with E-state index in [1.54, 1.807) is 19.1 Å². The number of hydrogen-bond donors (Lipinski definition) is 1. The second-order valence-corrected chi connectivity index (χ2v) is 2.97. The molecule has 0 spiro atoms. The minimum atomic E-state index is -0.158. The molecule has 0 fully saturated rings. The first-order valence-corrected chi connectivity index (χ1v) is 4.35. The lowest BCUT2D eigenvalue weighted by molar-refractivity contribution is 0.618. The number of hydrogen-bond acceptors (Lipinski definition) is 1. The Morgan fingerprint density at radius 3 is 2.92 bits per heavy atom. The summed E-state index contributed by atoms with van der Waals surface area (Å²) in [6.45, 7) is 6.22. The Hall–Kier alpha value is -1.31. The molecule has 13 heavy (non-hydrogen) atoms. The Balaban J connectivity index is 2.57. The van der Waals surface area contributed by atoms with Crippen LogP contribution in [0.15, 0.2) is 30.9 Å². The molecule has 0 aliphatic rings. The van der Waals surface area contributed by atoms with Crippen LogP contribution in [0.4, 0.5) is 10.1 Å². The molecule has 0 aliphatic heterocycles. The van der Waals surface area contributed by atoms with Gasteiger partial charge in [0, 0.05) is 12.2 Å². The van der Waals surface area contributed by atoms with Gasteiger partial charge in [0.25, 0.3) is 0 Å². The third-order valence-electron chi connectivity index (χ3n) is 1.84. The zero-order valence-electron chi connectivity index (χ0n) is 7.81. The fourth-order valence-electron chi connectivity index (χ4n) is 1.07. The second-order valence-electron chi connectivity index (χ2n) is 2.97. The summed E-state index contributed by atoms with van der Waals surface area (Å²) >= 11 is 0. The molecule has 1 nitrogen and oxygen atoms in total. The van der Waals surface area contributed by atoms with Crippen molar-refractivity contribution in [3.63, 3.8) is 0 Å². The molecule has 0 aromatic heterocycles. The van der Waals surface area contributed by atoms with E-state index in [2.05, 4.69) is 11.9 Å². The van der Waals surface area contributed by atoms with Crippen LogP contribution in [0.1, 0.15) is 12.0 Å². The predicted molar refractivity (Wildman–Crippen MR) is 54.4 cm³/mol. The van der Waals surface area contributed by atoms with E-state index in [0.29, 0.717) is 5.56 Å². The van der Waals surface area contributed by atoms with E-state index in [9.17, 15) is 4.39 Å². The molecule has 0 aliphatic carbocycles. The quantitative estimate of drug-likeness (QED) is 0.553. The largest absolute Gasteiger partial charge is 0.385 e. The molecule has 0 heterocycles. The maximum absolute atomic E-state index is 12.8. The molecule has 70 valence electrons. The van der Waals surface area contributed by atoms with Crippen LogP contribution >= 0.6 is 0 Å². The van der Waals surface area contributed by atoms with Gasteiger partial charge in [-0.1, -0.05) is 6.08 Å².